The molecule has 1 fully saturated rings. The van der Waals surface area contributed by atoms with Crippen LogP contribution in [0.5, 0.6) is 0 Å². The second-order valence-corrected chi connectivity index (χ2v) is 4.32. The molecule has 1 aromatic heterocycles. The van der Waals surface area contributed by atoms with Gasteiger partial charge in [0.25, 0.3) is 5.91 Å². The normalized spacial score (nSPS) is 26.7. The molecule has 82 valence electrons. The zero-order valence-corrected chi connectivity index (χ0v) is 8.85. The monoisotopic (exact) mass is 208 g/mol. The van der Waals surface area contributed by atoms with Gasteiger partial charge >= 0.3 is 0 Å². The van der Waals surface area contributed by atoms with Gasteiger partial charge in [-0.1, -0.05) is 6.92 Å². The molecule has 0 spiro atoms. The van der Waals surface area contributed by atoms with E-state index in [2.05, 4.69) is 6.92 Å². The van der Waals surface area contributed by atoms with Gasteiger partial charge in [-0.3, -0.25) is 4.79 Å². The van der Waals surface area contributed by atoms with E-state index in [0.717, 1.165) is 13.0 Å². The molecule has 0 radical (unpaired) electrons. The molecule has 15 heavy (non-hydrogen) atoms. The van der Waals surface area contributed by atoms with Gasteiger partial charge in [0, 0.05) is 19.1 Å². The molecule has 1 aliphatic rings. The molecule has 1 amide bonds. The average molecular weight is 208 g/mol. The second kappa shape index (κ2) is 4.06. The fourth-order valence-corrected chi connectivity index (χ4v) is 2.13. The lowest BCUT2D eigenvalue weighted by molar-refractivity contribution is 0.0660. The first-order valence-electron chi connectivity index (χ1n) is 5.24. The van der Waals surface area contributed by atoms with Gasteiger partial charge in [0.05, 0.1) is 11.8 Å². The Bertz CT molecular complexity index is 324. The quantitative estimate of drug-likeness (QED) is 0.751. The molecule has 0 aliphatic carbocycles. The average Bonchev–Trinajstić information content (AvgIpc) is 2.67. The molecule has 0 saturated carbocycles. The largest absolute Gasteiger partial charge is 0.472 e. The van der Waals surface area contributed by atoms with Crippen LogP contribution in [0.25, 0.3) is 0 Å². The number of hydrogen-bond acceptors (Lipinski definition) is 3. The smallest absolute Gasteiger partial charge is 0.257 e. The van der Waals surface area contributed by atoms with Crippen molar-refractivity contribution in [3.05, 3.63) is 24.2 Å². The lowest BCUT2D eigenvalue weighted by atomic mass is 9.96. The highest BCUT2D eigenvalue weighted by molar-refractivity contribution is 5.93. The van der Waals surface area contributed by atoms with E-state index in [-0.39, 0.29) is 11.9 Å². The van der Waals surface area contributed by atoms with E-state index < -0.39 is 0 Å². The summed E-state index contributed by atoms with van der Waals surface area (Å²) < 4.78 is 4.90. The van der Waals surface area contributed by atoms with Gasteiger partial charge in [-0.2, -0.15) is 0 Å². The minimum Gasteiger partial charge on any atom is -0.472 e. The Hall–Kier alpha value is -1.29. The molecule has 2 unspecified atom stereocenters. The summed E-state index contributed by atoms with van der Waals surface area (Å²) in [6.45, 7) is 3.56. The van der Waals surface area contributed by atoms with Gasteiger partial charge in [-0.15, -0.1) is 0 Å². The number of furan rings is 1. The molecule has 1 aliphatic heterocycles. The summed E-state index contributed by atoms with van der Waals surface area (Å²) in [5, 5.41) is 0. The van der Waals surface area contributed by atoms with Crippen molar-refractivity contribution in [2.24, 2.45) is 11.7 Å². The van der Waals surface area contributed by atoms with Crippen LogP contribution in [0, 0.1) is 5.92 Å². The van der Waals surface area contributed by atoms with Gasteiger partial charge in [0.1, 0.15) is 6.26 Å². The third-order valence-electron chi connectivity index (χ3n) is 2.75. The minimum atomic E-state index is 0.0192. The summed E-state index contributed by atoms with van der Waals surface area (Å²) in [5.41, 5.74) is 6.50. The van der Waals surface area contributed by atoms with E-state index in [1.165, 1.54) is 12.5 Å². The van der Waals surface area contributed by atoms with Crippen molar-refractivity contribution in [3.63, 3.8) is 0 Å². The van der Waals surface area contributed by atoms with Gasteiger partial charge in [-0.25, -0.2) is 0 Å². The zero-order valence-electron chi connectivity index (χ0n) is 8.85. The molecule has 0 bridgehead atoms. The topological polar surface area (TPSA) is 59.5 Å². The molecule has 4 nitrogen and oxygen atoms in total. The summed E-state index contributed by atoms with van der Waals surface area (Å²) in [5.74, 6) is 0.496. The molecular formula is C11H16N2O2. The van der Waals surface area contributed by atoms with Crippen LogP contribution in [0.2, 0.25) is 0 Å². The van der Waals surface area contributed by atoms with Crippen molar-refractivity contribution in [1.82, 2.24) is 4.90 Å². The standard InChI is InChI=1S/C11H16N2O2/c1-8-4-10(12)6-13(5-8)11(14)9-2-3-15-7-9/h2-3,7-8,10H,4-6,12H2,1H3. The van der Waals surface area contributed by atoms with Crippen molar-refractivity contribution in [2.75, 3.05) is 13.1 Å². The number of amides is 1. The van der Waals surface area contributed by atoms with Crippen LogP contribution in [0.3, 0.4) is 0 Å². The summed E-state index contributed by atoms with van der Waals surface area (Å²) in [6.07, 6.45) is 3.99. The fourth-order valence-electron chi connectivity index (χ4n) is 2.13. The second-order valence-electron chi connectivity index (χ2n) is 4.32. The number of nitrogens with zero attached hydrogens (tertiary/aromatic N) is 1. The number of nitrogens with two attached hydrogens (primary N) is 1. The number of carbonyl (C=O) groups excluding carboxylic acids is 1. The number of piperidine rings is 1. The summed E-state index contributed by atoms with van der Waals surface area (Å²) in [4.78, 5) is 13.8. The predicted molar refractivity (Wildman–Crippen MR) is 56.4 cm³/mol. The van der Waals surface area contributed by atoms with Gasteiger partial charge in [0.2, 0.25) is 0 Å². The Labute approximate surface area is 89.0 Å². The van der Waals surface area contributed by atoms with Crippen molar-refractivity contribution in [1.29, 1.82) is 0 Å². The lowest BCUT2D eigenvalue weighted by Crippen LogP contribution is -2.48. The van der Waals surface area contributed by atoms with Crippen LogP contribution < -0.4 is 5.73 Å². The van der Waals surface area contributed by atoms with Crippen molar-refractivity contribution >= 4 is 5.91 Å². The van der Waals surface area contributed by atoms with Crippen LogP contribution in [-0.2, 0) is 0 Å². The number of carbonyl (C=O) groups is 1. The number of likely N-dealkylation sites (tertiary alicyclic amines) is 1. The Morgan fingerprint density at radius 2 is 2.40 bits per heavy atom. The Balaban J connectivity index is 2.07. The van der Waals surface area contributed by atoms with Crippen LogP contribution in [0.4, 0.5) is 0 Å². The molecule has 2 rings (SSSR count). The van der Waals surface area contributed by atoms with Crippen molar-refractivity contribution < 1.29 is 9.21 Å². The number of hydrogen-bond donors (Lipinski definition) is 1. The summed E-state index contributed by atoms with van der Waals surface area (Å²) in [6, 6.07) is 1.79. The first kappa shape index (κ1) is 10.2. The van der Waals surface area contributed by atoms with Gasteiger partial charge in [0.15, 0.2) is 0 Å². The third-order valence-corrected chi connectivity index (χ3v) is 2.75. The molecule has 1 saturated heterocycles. The Morgan fingerprint density at radius 1 is 1.60 bits per heavy atom. The molecule has 1 aromatic rings. The third kappa shape index (κ3) is 2.21. The van der Waals surface area contributed by atoms with E-state index in [0.29, 0.717) is 18.0 Å². The van der Waals surface area contributed by atoms with Gasteiger partial charge in [-0.05, 0) is 18.4 Å². The highest BCUT2D eigenvalue weighted by Crippen LogP contribution is 2.17. The maximum absolute atomic E-state index is 12.0. The minimum absolute atomic E-state index is 0.0192. The van der Waals surface area contributed by atoms with E-state index >= 15 is 0 Å². The number of rotatable bonds is 1. The van der Waals surface area contributed by atoms with E-state index in [4.69, 9.17) is 10.2 Å². The summed E-state index contributed by atoms with van der Waals surface area (Å²) >= 11 is 0. The van der Waals surface area contributed by atoms with Crippen LogP contribution >= 0.6 is 0 Å². The van der Waals surface area contributed by atoms with Crippen molar-refractivity contribution in [2.45, 2.75) is 19.4 Å². The van der Waals surface area contributed by atoms with Crippen molar-refractivity contribution in [3.8, 4) is 0 Å². The van der Waals surface area contributed by atoms with Crippen LogP contribution in [-0.4, -0.2) is 29.9 Å². The molecule has 4 heteroatoms. The van der Waals surface area contributed by atoms with Crippen LogP contribution in [0.1, 0.15) is 23.7 Å². The van der Waals surface area contributed by atoms with E-state index in [9.17, 15) is 4.79 Å². The summed E-state index contributed by atoms with van der Waals surface area (Å²) in [7, 11) is 0. The Morgan fingerprint density at radius 3 is 3.00 bits per heavy atom. The van der Waals surface area contributed by atoms with E-state index in [1.807, 2.05) is 4.90 Å². The van der Waals surface area contributed by atoms with Crippen LogP contribution in [0.15, 0.2) is 23.0 Å². The molecule has 2 N–H and O–H groups in total. The zero-order chi connectivity index (χ0) is 10.8. The lowest BCUT2D eigenvalue weighted by Gasteiger charge is -2.34. The van der Waals surface area contributed by atoms with E-state index in [1.54, 1.807) is 6.07 Å². The molecular weight excluding hydrogens is 192 g/mol. The van der Waals surface area contributed by atoms with Gasteiger partial charge < -0.3 is 15.1 Å². The predicted octanol–water partition coefficient (Wildman–Crippen LogP) is 1.09. The first-order chi connectivity index (χ1) is 7.16. The highest BCUT2D eigenvalue weighted by atomic mass is 16.3. The molecule has 0 aromatic carbocycles. The SMILES string of the molecule is CC1CC(N)CN(C(=O)c2ccoc2)C1. The molecule has 2 heterocycles. The highest BCUT2D eigenvalue weighted by Gasteiger charge is 2.26. The fraction of sp³-hybridized carbons (Fsp3) is 0.545. The molecule has 2 atom stereocenters. The Kier molecular flexibility index (Phi) is 2.77. The maximum Gasteiger partial charge on any atom is 0.257 e. The maximum atomic E-state index is 12.0. The first-order valence-corrected chi connectivity index (χ1v) is 5.24.